The van der Waals surface area contributed by atoms with Crippen LogP contribution >= 0.6 is 0 Å². The molecule has 2 fully saturated rings. The number of benzene rings is 1. The third kappa shape index (κ3) is 8.54. The van der Waals surface area contributed by atoms with E-state index in [-0.39, 0.29) is 36.1 Å². The fourth-order valence-corrected chi connectivity index (χ4v) is 5.54. The largest absolute Gasteiger partial charge is 0.491 e. The fourth-order valence-electron chi connectivity index (χ4n) is 5.54. The van der Waals surface area contributed by atoms with Crippen molar-refractivity contribution in [3.8, 4) is 11.5 Å². The molecule has 0 spiro atoms. The maximum atomic E-state index is 14.3. The van der Waals surface area contributed by atoms with Crippen LogP contribution in [0.25, 0.3) is 0 Å². The standard InChI is InChI=1S/C31H45N3O7/c1-33-20-29(41-21-39-4)27(17-30(33)35)26-9-10-32-18-28(26)31(36)34(24-7-8-24)19-23-14-22(6-5-11-37-2)15-25(16-23)40-13-12-38-3/h14-17,20,24,26,28,32H,5-13,18-19,21H2,1-4H3. The lowest BCUT2D eigenvalue weighted by Gasteiger charge is -2.36. The molecule has 2 unspecified atom stereocenters. The Labute approximate surface area is 242 Å². The van der Waals surface area contributed by atoms with Gasteiger partial charge in [-0.1, -0.05) is 6.07 Å². The Bertz CT molecular complexity index is 1170. The molecule has 1 aromatic carbocycles. The van der Waals surface area contributed by atoms with Gasteiger partial charge in [0.2, 0.25) is 5.91 Å². The molecule has 1 saturated heterocycles. The third-order valence-electron chi connectivity index (χ3n) is 7.77. The molecular formula is C31H45N3O7. The van der Waals surface area contributed by atoms with Gasteiger partial charge < -0.3 is 38.5 Å². The number of aryl methyl sites for hydroxylation is 2. The van der Waals surface area contributed by atoms with Crippen LogP contribution in [0.5, 0.6) is 11.5 Å². The van der Waals surface area contributed by atoms with Gasteiger partial charge in [-0.15, -0.1) is 0 Å². The molecule has 2 aliphatic rings. The van der Waals surface area contributed by atoms with Gasteiger partial charge in [-0.05, 0) is 61.9 Å². The number of pyridine rings is 1. The lowest BCUT2D eigenvalue weighted by Crippen LogP contribution is -2.47. The zero-order valence-corrected chi connectivity index (χ0v) is 24.9. The normalized spacial score (nSPS) is 18.7. The maximum absolute atomic E-state index is 14.3. The van der Waals surface area contributed by atoms with E-state index in [9.17, 15) is 9.59 Å². The molecular weight excluding hydrogens is 526 g/mol. The van der Waals surface area contributed by atoms with Crippen molar-refractivity contribution in [3.63, 3.8) is 0 Å². The molecule has 2 heterocycles. The van der Waals surface area contributed by atoms with E-state index in [0.29, 0.717) is 38.7 Å². The summed E-state index contributed by atoms with van der Waals surface area (Å²) in [6.07, 6.45) is 6.19. The number of carbonyl (C=O) groups excluding carboxylic acids is 1. The number of ether oxygens (including phenoxy) is 5. The van der Waals surface area contributed by atoms with Gasteiger partial charge in [0.25, 0.3) is 5.56 Å². The van der Waals surface area contributed by atoms with Gasteiger partial charge >= 0.3 is 0 Å². The van der Waals surface area contributed by atoms with Crippen molar-refractivity contribution in [2.45, 2.75) is 50.6 Å². The fraction of sp³-hybridized carbons (Fsp3) is 0.613. The second kappa shape index (κ2) is 15.3. The maximum Gasteiger partial charge on any atom is 0.250 e. The van der Waals surface area contributed by atoms with Crippen LogP contribution in [0.3, 0.4) is 0 Å². The van der Waals surface area contributed by atoms with Crippen LogP contribution in [0.15, 0.2) is 35.3 Å². The SMILES string of the molecule is COCCCc1cc(CN(C(=O)C2CNCCC2c2cc(=O)n(C)cc2OCOC)C2CC2)cc(OCCOC)c1. The van der Waals surface area contributed by atoms with Crippen LogP contribution in [0.4, 0.5) is 0 Å². The van der Waals surface area contributed by atoms with Gasteiger partial charge in [-0.3, -0.25) is 9.59 Å². The number of methoxy groups -OCH3 is 3. The molecule has 41 heavy (non-hydrogen) atoms. The van der Waals surface area contributed by atoms with Crippen LogP contribution in [-0.4, -0.2) is 82.4 Å². The van der Waals surface area contributed by atoms with Crippen LogP contribution in [-0.2, 0) is 39.0 Å². The molecule has 1 saturated carbocycles. The van der Waals surface area contributed by atoms with E-state index < -0.39 is 0 Å². The summed E-state index contributed by atoms with van der Waals surface area (Å²) < 4.78 is 28.9. The summed E-state index contributed by atoms with van der Waals surface area (Å²) in [6, 6.07) is 8.11. The molecule has 1 amide bonds. The lowest BCUT2D eigenvalue weighted by molar-refractivity contribution is -0.138. The number of hydrogen-bond acceptors (Lipinski definition) is 8. The highest BCUT2D eigenvalue weighted by Crippen LogP contribution is 2.39. The molecule has 1 aliphatic carbocycles. The highest BCUT2D eigenvalue weighted by Gasteiger charge is 2.41. The first kappa shape index (κ1) is 31.0. The molecule has 4 rings (SSSR count). The zero-order valence-electron chi connectivity index (χ0n) is 24.9. The van der Waals surface area contributed by atoms with E-state index in [0.717, 1.165) is 61.1 Å². The number of amides is 1. The van der Waals surface area contributed by atoms with Crippen LogP contribution in [0.2, 0.25) is 0 Å². The smallest absolute Gasteiger partial charge is 0.250 e. The number of rotatable bonds is 16. The summed E-state index contributed by atoms with van der Waals surface area (Å²) >= 11 is 0. The topological polar surface area (TPSA) is 100 Å². The molecule has 1 aromatic heterocycles. The van der Waals surface area contributed by atoms with Crippen molar-refractivity contribution in [2.24, 2.45) is 13.0 Å². The van der Waals surface area contributed by atoms with Crippen LogP contribution in [0.1, 0.15) is 48.3 Å². The summed E-state index contributed by atoms with van der Waals surface area (Å²) in [4.78, 5) is 29.0. The van der Waals surface area contributed by atoms with Gasteiger partial charge in [0.15, 0.2) is 6.79 Å². The van der Waals surface area contributed by atoms with Crippen molar-refractivity contribution in [3.05, 3.63) is 57.5 Å². The molecule has 10 heteroatoms. The van der Waals surface area contributed by atoms with E-state index >= 15 is 0 Å². The average Bonchev–Trinajstić information content (AvgIpc) is 3.82. The van der Waals surface area contributed by atoms with Gasteiger partial charge in [0, 0.05) is 77.9 Å². The molecule has 1 N–H and O–H groups in total. The predicted octanol–water partition coefficient (Wildman–Crippen LogP) is 2.86. The Kier molecular flexibility index (Phi) is 11.6. The third-order valence-corrected chi connectivity index (χ3v) is 7.77. The second-order valence-electron chi connectivity index (χ2n) is 10.9. The number of aromatic nitrogens is 1. The van der Waals surface area contributed by atoms with E-state index in [4.69, 9.17) is 23.7 Å². The Balaban J connectivity index is 1.60. The van der Waals surface area contributed by atoms with Crippen molar-refractivity contribution in [1.29, 1.82) is 0 Å². The zero-order chi connectivity index (χ0) is 29.2. The number of carbonyl (C=O) groups is 1. The van der Waals surface area contributed by atoms with E-state index in [1.165, 1.54) is 4.57 Å². The lowest BCUT2D eigenvalue weighted by atomic mass is 9.80. The van der Waals surface area contributed by atoms with Crippen molar-refractivity contribution < 1.29 is 28.5 Å². The van der Waals surface area contributed by atoms with Crippen LogP contribution < -0.4 is 20.3 Å². The molecule has 0 radical (unpaired) electrons. The van der Waals surface area contributed by atoms with E-state index in [1.54, 1.807) is 40.6 Å². The Morgan fingerprint density at radius 3 is 2.49 bits per heavy atom. The second-order valence-corrected chi connectivity index (χ2v) is 10.9. The van der Waals surface area contributed by atoms with E-state index in [1.807, 2.05) is 11.0 Å². The van der Waals surface area contributed by atoms with Crippen LogP contribution in [0, 0.1) is 5.92 Å². The van der Waals surface area contributed by atoms with Gasteiger partial charge in [-0.2, -0.15) is 0 Å². The molecule has 10 nitrogen and oxygen atoms in total. The van der Waals surface area contributed by atoms with Gasteiger partial charge in [-0.25, -0.2) is 0 Å². The van der Waals surface area contributed by atoms with Gasteiger partial charge in [0.05, 0.1) is 12.5 Å². The number of hydrogen-bond donors (Lipinski definition) is 1. The molecule has 2 aromatic rings. The minimum atomic E-state index is -0.316. The minimum Gasteiger partial charge on any atom is -0.491 e. The van der Waals surface area contributed by atoms with Crippen molar-refractivity contribution >= 4 is 5.91 Å². The first-order valence-corrected chi connectivity index (χ1v) is 14.5. The Morgan fingerprint density at radius 1 is 0.976 bits per heavy atom. The minimum absolute atomic E-state index is 0.0679. The number of nitrogens with one attached hydrogen (secondary N) is 1. The predicted molar refractivity (Wildman–Crippen MR) is 155 cm³/mol. The summed E-state index contributed by atoms with van der Waals surface area (Å²) in [5.74, 6) is 1.02. The summed E-state index contributed by atoms with van der Waals surface area (Å²) in [5.41, 5.74) is 2.85. The molecule has 2 atom stereocenters. The quantitative estimate of drug-likeness (QED) is 0.243. The monoisotopic (exact) mass is 571 g/mol. The average molecular weight is 572 g/mol. The highest BCUT2D eigenvalue weighted by atomic mass is 16.7. The number of piperidine rings is 1. The van der Waals surface area contributed by atoms with Crippen molar-refractivity contribution in [2.75, 3.05) is 61.0 Å². The number of nitrogens with zero attached hydrogens (tertiary/aromatic N) is 2. The summed E-state index contributed by atoms with van der Waals surface area (Å²) in [7, 11) is 6.62. The summed E-state index contributed by atoms with van der Waals surface area (Å²) in [6.45, 7) is 3.54. The first-order chi connectivity index (χ1) is 19.9. The highest BCUT2D eigenvalue weighted by molar-refractivity contribution is 5.81. The van der Waals surface area contributed by atoms with E-state index in [2.05, 4.69) is 17.4 Å². The first-order valence-electron chi connectivity index (χ1n) is 14.5. The Hall–Kier alpha value is -2.92. The van der Waals surface area contributed by atoms with Gasteiger partial charge in [0.1, 0.15) is 18.1 Å². The molecule has 0 bridgehead atoms. The van der Waals surface area contributed by atoms with Crippen molar-refractivity contribution in [1.82, 2.24) is 14.8 Å². The molecule has 226 valence electrons. The molecule has 1 aliphatic heterocycles. The summed E-state index contributed by atoms with van der Waals surface area (Å²) in [5, 5.41) is 3.42. The Morgan fingerprint density at radius 2 is 1.76 bits per heavy atom.